The van der Waals surface area contributed by atoms with Crippen LogP contribution in [-0.4, -0.2) is 53.4 Å². The molecule has 106 valence electrons. The number of aliphatic hydroxyl groups is 1. The lowest BCUT2D eigenvalue weighted by Gasteiger charge is -2.31. The molecule has 1 aromatic carbocycles. The fourth-order valence-corrected chi connectivity index (χ4v) is 3.25. The topological polar surface area (TPSA) is 58.7 Å². The number of benzene rings is 1. The monoisotopic (exact) mass is 282 g/mol. The van der Waals surface area contributed by atoms with E-state index in [4.69, 9.17) is 10.5 Å². The summed E-state index contributed by atoms with van der Waals surface area (Å²) >= 11 is 1.99. The van der Waals surface area contributed by atoms with Gasteiger partial charge < -0.3 is 15.6 Å². The van der Waals surface area contributed by atoms with Gasteiger partial charge in [-0.15, -0.1) is 0 Å². The first-order chi connectivity index (χ1) is 9.13. The zero-order chi connectivity index (χ0) is 13.7. The predicted molar refractivity (Wildman–Crippen MR) is 80.7 cm³/mol. The molecule has 0 aromatic heterocycles. The highest BCUT2D eigenvalue weighted by molar-refractivity contribution is 7.99. The summed E-state index contributed by atoms with van der Waals surface area (Å²) in [5, 5.41) is 10.7. The van der Waals surface area contributed by atoms with Gasteiger partial charge in [0.05, 0.1) is 0 Å². The van der Waals surface area contributed by atoms with Gasteiger partial charge in [0.25, 0.3) is 0 Å². The number of β-amino-alcohol motifs (C(OH)–C–C–N with tert-alkyl or cyclic N) is 1. The zero-order valence-corrected chi connectivity index (χ0v) is 12.1. The number of hydrogen-bond acceptors (Lipinski definition) is 5. The molecule has 2 rings (SSSR count). The summed E-state index contributed by atoms with van der Waals surface area (Å²) in [6.07, 6.45) is -0.451. The van der Waals surface area contributed by atoms with Crippen molar-refractivity contribution in [3.05, 3.63) is 24.3 Å². The van der Waals surface area contributed by atoms with Crippen LogP contribution in [0.15, 0.2) is 24.3 Å². The Bertz CT molecular complexity index is 386. The van der Waals surface area contributed by atoms with Gasteiger partial charge in [-0.3, -0.25) is 4.90 Å². The second-order valence-corrected chi connectivity index (χ2v) is 6.52. The van der Waals surface area contributed by atoms with Gasteiger partial charge in [-0.1, -0.05) is 6.92 Å². The smallest absolute Gasteiger partial charge is 0.119 e. The van der Waals surface area contributed by atoms with Gasteiger partial charge in [0, 0.05) is 36.3 Å². The molecule has 0 spiro atoms. The van der Waals surface area contributed by atoms with Crippen LogP contribution < -0.4 is 10.5 Å². The standard InChI is InChI=1S/C14H22N2O2S/c1-11-8-16(6-7-19-11)9-13(17)10-18-14-4-2-12(15)3-5-14/h2-5,11,13,17H,6-10,15H2,1H3. The van der Waals surface area contributed by atoms with Gasteiger partial charge in [0.1, 0.15) is 18.5 Å². The quantitative estimate of drug-likeness (QED) is 0.801. The van der Waals surface area contributed by atoms with Crippen LogP contribution in [0.5, 0.6) is 5.75 Å². The normalized spacial score (nSPS) is 22.1. The van der Waals surface area contributed by atoms with Crippen LogP contribution in [0.25, 0.3) is 0 Å². The minimum Gasteiger partial charge on any atom is -0.491 e. The first-order valence-corrected chi connectivity index (χ1v) is 7.68. The summed E-state index contributed by atoms with van der Waals surface area (Å²) in [6.45, 7) is 5.33. The highest BCUT2D eigenvalue weighted by atomic mass is 32.2. The number of aliphatic hydroxyl groups excluding tert-OH is 1. The number of ether oxygens (including phenoxy) is 1. The Labute approximate surface area is 118 Å². The van der Waals surface area contributed by atoms with Crippen molar-refractivity contribution in [1.82, 2.24) is 4.90 Å². The third-order valence-electron chi connectivity index (χ3n) is 3.12. The summed E-state index contributed by atoms with van der Waals surface area (Å²) in [7, 11) is 0. The molecule has 0 radical (unpaired) electrons. The van der Waals surface area contributed by atoms with Crippen molar-refractivity contribution in [2.45, 2.75) is 18.3 Å². The van der Waals surface area contributed by atoms with Crippen molar-refractivity contribution in [2.75, 3.05) is 37.7 Å². The molecule has 5 heteroatoms. The summed E-state index contributed by atoms with van der Waals surface area (Å²) in [5.74, 6) is 1.89. The Morgan fingerprint density at radius 3 is 2.89 bits per heavy atom. The summed E-state index contributed by atoms with van der Waals surface area (Å²) < 4.78 is 5.55. The molecular formula is C14H22N2O2S. The van der Waals surface area contributed by atoms with Crippen molar-refractivity contribution in [1.29, 1.82) is 0 Å². The summed E-state index contributed by atoms with van der Waals surface area (Å²) in [5.41, 5.74) is 6.32. The molecule has 0 amide bonds. The molecular weight excluding hydrogens is 260 g/mol. The number of hydrogen-bond donors (Lipinski definition) is 2. The third-order valence-corrected chi connectivity index (χ3v) is 4.25. The van der Waals surface area contributed by atoms with E-state index in [0.29, 0.717) is 24.1 Å². The van der Waals surface area contributed by atoms with Gasteiger partial charge in [0.2, 0.25) is 0 Å². The molecule has 2 unspecified atom stereocenters. The molecule has 0 aliphatic carbocycles. The SMILES string of the molecule is CC1CN(CC(O)COc2ccc(N)cc2)CCS1. The maximum Gasteiger partial charge on any atom is 0.119 e. The molecule has 1 saturated heterocycles. The van der Waals surface area contributed by atoms with E-state index >= 15 is 0 Å². The van der Waals surface area contributed by atoms with E-state index in [1.165, 1.54) is 0 Å². The first-order valence-electron chi connectivity index (χ1n) is 6.64. The van der Waals surface area contributed by atoms with Gasteiger partial charge in [-0.25, -0.2) is 0 Å². The molecule has 1 aromatic rings. The molecule has 2 atom stereocenters. The molecule has 1 fully saturated rings. The molecule has 1 heterocycles. The van der Waals surface area contributed by atoms with Crippen molar-refractivity contribution >= 4 is 17.4 Å². The van der Waals surface area contributed by atoms with Crippen molar-refractivity contribution in [3.8, 4) is 5.75 Å². The third kappa shape index (κ3) is 4.93. The zero-order valence-electron chi connectivity index (χ0n) is 11.3. The van der Waals surface area contributed by atoms with Crippen LogP contribution in [0.3, 0.4) is 0 Å². The highest BCUT2D eigenvalue weighted by Gasteiger charge is 2.19. The van der Waals surface area contributed by atoms with Crippen LogP contribution in [0.1, 0.15) is 6.92 Å². The Balaban J connectivity index is 1.72. The van der Waals surface area contributed by atoms with E-state index in [1.54, 1.807) is 12.1 Å². The maximum absolute atomic E-state index is 10.0. The molecule has 0 saturated carbocycles. The van der Waals surface area contributed by atoms with Crippen LogP contribution in [0, 0.1) is 0 Å². The second kappa shape index (κ2) is 7.03. The number of nitrogens with two attached hydrogens (primary N) is 1. The lowest BCUT2D eigenvalue weighted by atomic mass is 10.3. The predicted octanol–water partition coefficient (Wildman–Crippen LogP) is 1.45. The van der Waals surface area contributed by atoms with Gasteiger partial charge in [0.15, 0.2) is 0 Å². The number of thioether (sulfide) groups is 1. The molecule has 19 heavy (non-hydrogen) atoms. The Hall–Kier alpha value is -0.910. The van der Waals surface area contributed by atoms with Gasteiger partial charge in [-0.2, -0.15) is 11.8 Å². The maximum atomic E-state index is 10.0. The Morgan fingerprint density at radius 1 is 1.47 bits per heavy atom. The number of nitrogen functional groups attached to an aromatic ring is 1. The van der Waals surface area contributed by atoms with Crippen molar-refractivity contribution in [3.63, 3.8) is 0 Å². The minimum absolute atomic E-state index is 0.321. The van der Waals surface area contributed by atoms with Crippen molar-refractivity contribution in [2.24, 2.45) is 0 Å². The molecule has 1 aliphatic rings. The molecule has 4 nitrogen and oxygen atoms in total. The average Bonchev–Trinajstić information content (AvgIpc) is 2.38. The van der Waals surface area contributed by atoms with E-state index in [0.717, 1.165) is 24.6 Å². The fourth-order valence-electron chi connectivity index (χ4n) is 2.16. The minimum atomic E-state index is -0.451. The fraction of sp³-hybridized carbons (Fsp3) is 0.571. The Morgan fingerprint density at radius 2 is 2.21 bits per heavy atom. The van der Waals surface area contributed by atoms with Crippen LogP contribution in [0.2, 0.25) is 0 Å². The lowest BCUT2D eigenvalue weighted by Crippen LogP contribution is -2.42. The van der Waals surface area contributed by atoms with E-state index in [1.807, 2.05) is 23.9 Å². The highest BCUT2D eigenvalue weighted by Crippen LogP contribution is 2.18. The van der Waals surface area contributed by atoms with Crippen LogP contribution in [-0.2, 0) is 0 Å². The molecule has 0 bridgehead atoms. The van der Waals surface area contributed by atoms with Crippen LogP contribution >= 0.6 is 11.8 Å². The number of nitrogens with zero attached hydrogens (tertiary/aromatic N) is 1. The van der Waals surface area contributed by atoms with Gasteiger partial charge in [-0.05, 0) is 24.3 Å². The largest absolute Gasteiger partial charge is 0.491 e. The van der Waals surface area contributed by atoms with E-state index in [-0.39, 0.29) is 0 Å². The summed E-state index contributed by atoms with van der Waals surface area (Å²) in [4.78, 5) is 2.30. The number of rotatable bonds is 5. The second-order valence-electron chi connectivity index (χ2n) is 4.97. The van der Waals surface area contributed by atoms with E-state index < -0.39 is 6.10 Å². The molecule has 3 N–H and O–H groups in total. The summed E-state index contributed by atoms with van der Waals surface area (Å²) in [6, 6.07) is 7.24. The van der Waals surface area contributed by atoms with Crippen LogP contribution in [0.4, 0.5) is 5.69 Å². The van der Waals surface area contributed by atoms with Crippen molar-refractivity contribution < 1.29 is 9.84 Å². The van der Waals surface area contributed by atoms with Gasteiger partial charge >= 0.3 is 0 Å². The van der Waals surface area contributed by atoms with E-state index in [2.05, 4.69) is 11.8 Å². The lowest BCUT2D eigenvalue weighted by molar-refractivity contribution is 0.0697. The number of anilines is 1. The Kier molecular flexibility index (Phi) is 5.36. The van der Waals surface area contributed by atoms with E-state index in [9.17, 15) is 5.11 Å². The average molecular weight is 282 g/mol. The molecule has 1 aliphatic heterocycles. The first kappa shape index (κ1) is 14.5.